The Balaban J connectivity index is 1.93. The van der Waals surface area contributed by atoms with Crippen molar-refractivity contribution in [3.8, 4) is 5.75 Å². The van der Waals surface area contributed by atoms with Crippen molar-refractivity contribution in [3.63, 3.8) is 0 Å². The number of aryl methyl sites for hydroxylation is 2. The van der Waals surface area contributed by atoms with E-state index in [0.29, 0.717) is 29.7 Å². The molecule has 1 aromatic heterocycles. The van der Waals surface area contributed by atoms with E-state index in [1.807, 2.05) is 57.2 Å². The van der Waals surface area contributed by atoms with Crippen molar-refractivity contribution < 1.29 is 13.9 Å². The molecule has 1 amide bonds. The molecule has 1 atom stereocenters. The predicted molar refractivity (Wildman–Crippen MR) is 117 cm³/mol. The topological polar surface area (TPSA) is 59.8 Å². The summed E-state index contributed by atoms with van der Waals surface area (Å²) in [6.45, 7) is 9.05. The van der Waals surface area contributed by atoms with Crippen molar-refractivity contribution in [1.82, 2.24) is 4.90 Å². The molecule has 0 saturated carbocycles. The second-order valence-corrected chi connectivity index (χ2v) is 7.89. The number of ether oxygens (including phenoxy) is 1. The van der Waals surface area contributed by atoms with E-state index in [2.05, 4.69) is 6.92 Å². The van der Waals surface area contributed by atoms with Gasteiger partial charge in [0.05, 0.1) is 23.6 Å². The minimum absolute atomic E-state index is 0.121. The van der Waals surface area contributed by atoms with E-state index in [0.717, 1.165) is 35.3 Å². The van der Waals surface area contributed by atoms with Gasteiger partial charge in [0.15, 0.2) is 5.43 Å². The average molecular weight is 405 g/mol. The smallest absolute Gasteiger partial charge is 0.290 e. The van der Waals surface area contributed by atoms with E-state index in [1.54, 1.807) is 4.90 Å². The number of carbonyl (C=O) groups is 1. The Hall–Kier alpha value is -3.08. The fourth-order valence-corrected chi connectivity index (χ4v) is 4.29. The number of hydrogen-bond acceptors (Lipinski definition) is 4. The molecule has 0 saturated heterocycles. The third-order valence-corrected chi connectivity index (χ3v) is 5.66. The summed E-state index contributed by atoms with van der Waals surface area (Å²) >= 11 is 0. The van der Waals surface area contributed by atoms with Gasteiger partial charge in [-0.05, 0) is 62.1 Å². The minimum Gasteiger partial charge on any atom is -0.494 e. The molecular formula is C25H27NO4. The van der Waals surface area contributed by atoms with Crippen molar-refractivity contribution in [2.24, 2.45) is 0 Å². The quantitative estimate of drug-likeness (QED) is 0.569. The second-order valence-electron chi connectivity index (χ2n) is 7.89. The number of fused-ring (bicyclic) bond motifs is 2. The molecule has 0 bridgehead atoms. The van der Waals surface area contributed by atoms with Gasteiger partial charge < -0.3 is 14.1 Å². The molecule has 2 heterocycles. The fourth-order valence-electron chi connectivity index (χ4n) is 4.29. The van der Waals surface area contributed by atoms with Crippen LogP contribution in [0, 0.1) is 13.8 Å². The normalized spacial score (nSPS) is 15.7. The first-order valence-electron chi connectivity index (χ1n) is 10.6. The summed E-state index contributed by atoms with van der Waals surface area (Å²) < 4.78 is 11.6. The summed E-state index contributed by atoms with van der Waals surface area (Å²) in [5.74, 6) is 0.730. The van der Waals surface area contributed by atoms with Crippen molar-refractivity contribution in [1.29, 1.82) is 0 Å². The largest absolute Gasteiger partial charge is 0.494 e. The van der Waals surface area contributed by atoms with E-state index in [-0.39, 0.29) is 17.1 Å². The monoisotopic (exact) mass is 405 g/mol. The fraction of sp³-hybridized carbons (Fsp3) is 0.360. The van der Waals surface area contributed by atoms with E-state index in [4.69, 9.17) is 9.15 Å². The van der Waals surface area contributed by atoms with Crippen LogP contribution in [-0.4, -0.2) is 24.0 Å². The van der Waals surface area contributed by atoms with Crippen LogP contribution in [0.25, 0.3) is 11.0 Å². The lowest BCUT2D eigenvalue weighted by atomic mass is 9.97. The van der Waals surface area contributed by atoms with Crippen LogP contribution >= 0.6 is 0 Å². The molecule has 5 nitrogen and oxygen atoms in total. The molecule has 0 N–H and O–H groups in total. The Morgan fingerprint density at radius 3 is 2.47 bits per heavy atom. The van der Waals surface area contributed by atoms with E-state index in [1.165, 1.54) is 0 Å². The van der Waals surface area contributed by atoms with Crippen LogP contribution in [0.4, 0.5) is 0 Å². The maximum absolute atomic E-state index is 13.6. The Labute approximate surface area is 176 Å². The Kier molecular flexibility index (Phi) is 5.37. The predicted octanol–water partition coefficient (Wildman–Crippen LogP) is 5.15. The summed E-state index contributed by atoms with van der Waals surface area (Å²) in [6.07, 6.45) is 1.82. The number of carbonyl (C=O) groups excluding carboxylic acids is 1. The van der Waals surface area contributed by atoms with Crippen LogP contribution in [0.1, 0.15) is 65.5 Å². The molecular weight excluding hydrogens is 378 g/mol. The molecule has 30 heavy (non-hydrogen) atoms. The maximum Gasteiger partial charge on any atom is 0.290 e. The highest BCUT2D eigenvalue weighted by Crippen LogP contribution is 2.39. The first kappa shape index (κ1) is 20.2. The molecule has 0 aliphatic carbocycles. The number of unbranched alkanes of at least 4 members (excludes halogenated alkanes) is 1. The molecule has 0 spiro atoms. The molecule has 1 aliphatic heterocycles. The van der Waals surface area contributed by atoms with Gasteiger partial charge >= 0.3 is 0 Å². The number of nitrogens with zero attached hydrogens (tertiary/aromatic N) is 1. The summed E-state index contributed by atoms with van der Waals surface area (Å²) in [4.78, 5) is 28.7. The highest BCUT2D eigenvalue weighted by molar-refractivity contribution is 5.99. The molecule has 0 fully saturated rings. The Morgan fingerprint density at radius 1 is 1.07 bits per heavy atom. The van der Waals surface area contributed by atoms with Gasteiger partial charge in [-0.25, -0.2) is 0 Å². The van der Waals surface area contributed by atoms with Crippen LogP contribution < -0.4 is 10.2 Å². The van der Waals surface area contributed by atoms with Crippen LogP contribution in [0.3, 0.4) is 0 Å². The highest BCUT2D eigenvalue weighted by Gasteiger charge is 2.42. The van der Waals surface area contributed by atoms with Gasteiger partial charge in [-0.1, -0.05) is 31.5 Å². The summed E-state index contributed by atoms with van der Waals surface area (Å²) in [5.41, 5.74) is 3.57. The lowest BCUT2D eigenvalue weighted by Gasteiger charge is -2.25. The molecule has 4 rings (SSSR count). The summed E-state index contributed by atoms with van der Waals surface area (Å²) in [7, 11) is 0. The summed E-state index contributed by atoms with van der Waals surface area (Å²) in [6, 6.07) is 11.0. The van der Waals surface area contributed by atoms with Gasteiger partial charge in [-0.3, -0.25) is 9.59 Å². The lowest BCUT2D eigenvalue weighted by Crippen LogP contribution is -2.30. The molecule has 3 aromatic rings. The average Bonchev–Trinajstić information content (AvgIpc) is 3.00. The van der Waals surface area contributed by atoms with E-state index >= 15 is 0 Å². The van der Waals surface area contributed by atoms with Gasteiger partial charge in [-0.15, -0.1) is 0 Å². The van der Waals surface area contributed by atoms with Crippen molar-refractivity contribution in [2.45, 2.75) is 46.6 Å². The van der Waals surface area contributed by atoms with Gasteiger partial charge in [0.2, 0.25) is 5.76 Å². The molecule has 156 valence electrons. The Bertz CT molecular complexity index is 1160. The van der Waals surface area contributed by atoms with Crippen LogP contribution in [0.15, 0.2) is 45.6 Å². The molecule has 1 aliphatic rings. The van der Waals surface area contributed by atoms with Gasteiger partial charge in [0.25, 0.3) is 5.91 Å². The van der Waals surface area contributed by atoms with E-state index < -0.39 is 6.04 Å². The first-order chi connectivity index (χ1) is 14.5. The van der Waals surface area contributed by atoms with Gasteiger partial charge in [-0.2, -0.15) is 0 Å². The first-order valence-corrected chi connectivity index (χ1v) is 10.6. The maximum atomic E-state index is 13.6. The van der Waals surface area contributed by atoms with Crippen molar-refractivity contribution in [3.05, 3.63) is 74.6 Å². The zero-order valence-corrected chi connectivity index (χ0v) is 18.0. The minimum atomic E-state index is -0.448. The van der Waals surface area contributed by atoms with Crippen LogP contribution in [0.5, 0.6) is 5.75 Å². The van der Waals surface area contributed by atoms with Crippen LogP contribution in [0.2, 0.25) is 0 Å². The third-order valence-electron chi connectivity index (χ3n) is 5.66. The standard InChI is InChI=1S/C25H27NO4/c1-5-7-12-26-21(17-8-10-18(11-9-17)29-6-2)20-22(27)19-14-15(3)13-16(4)23(19)30-24(20)25(26)28/h8-11,13-14,21H,5-7,12H2,1-4H3. The third kappa shape index (κ3) is 3.28. The zero-order chi connectivity index (χ0) is 21.4. The highest BCUT2D eigenvalue weighted by atomic mass is 16.5. The lowest BCUT2D eigenvalue weighted by molar-refractivity contribution is 0.0725. The zero-order valence-electron chi connectivity index (χ0n) is 18.0. The van der Waals surface area contributed by atoms with Crippen molar-refractivity contribution >= 4 is 16.9 Å². The SMILES string of the molecule is CCCCN1C(=O)c2oc3c(C)cc(C)cc3c(=O)c2C1c1ccc(OCC)cc1. The molecule has 1 unspecified atom stereocenters. The van der Waals surface area contributed by atoms with E-state index in [9.17, 15) is 9.59 Å². The number of amides is 1. The second kappa shape index (κ2) is 7.98. The van der Waals surface area contributed by atoms with Gasteiger partial charge in [0, 0.05) is 6.54 Å². The molecule has 0 radical (unpaired) electrons. The number of hydrogen-bond donors (Lipinski definition) is 0. The number of benzene rings is 2. The summed E-state index contributed by atoms with van der Waals surface area (Å²) in [5, 5.41) is 0.535. The van der Waals surface area contributed by atoms with Crippen LogP contribution in [-0.2, 0) is 0 Å². The number of rotatable bonds is 6. The van der Waals surface area contributed by atoms with Gasteiger partial charge in [0.1, 0.15) is 11.3 Å². The Morgan fingerprint density at radius 2 is 1.80 bits per heavy atom. The van der Waals surface area contributed by atoms with Crippen molar-refractivity contribution in [2.75, 3.05) is 13.2 Å². The molecule has 2 aromatic carbocycles. The molecule has 5 heteroatoms.